The standard InChI is InChI=1S/C22H37N5O/c1-17-6-4-5-7-21(17)26-12-10-25(11-13-26)16-20-8-9-23-22(24-20)27-14-18(2)28-19(3)15-27/h8-9,17-19,21H,4-7,10-16H2,1-3H3/t17-,18-,19+,21+/m0/s1. The van der Waals surface area contributed by atoms with Crippen LogP contribution >= 0.6 is 0 Å². The van der Waals surface area contributed by atoms with Crippen molar-refractivity contribution in [1.29, 1.82) is 0 Å². The summed E-state index contributed by atoms with van der Waals surface area (Å²) < 4.78 is 5.85. The molecule has 0 spiro atoms. The zero-order valence-electron chi connectivity index (χ0n) is 17.9. The van der Waals surface area contributed by atoms with Crippen molar-refractivity contribution in [2.75, 3.05) is 44.2 Å². The highest BCUT2D eigenvalue weighted by atomic mass is 16.5. The number of anilines is 1. The van der Waals surface area contributed by atoms with E-state index in [0.717, 1.165) is 56.3 Å². The molecule has 2 saturated heterocycles. The molecule has 0 radical (unpaired) electrons. The van der Waals surface area contributed by atoms with Crippen molar-refractivity contribution in [3.8, 4) is 0 Å². The predicted molar refractivity (Wildman–Crippen MR) is 113 cm³/mol. The van der Waals surface area contributed by atoms with Crippen molar-refractivity contribution < 1.29 is 4.74 Å². The molecular weight excluding hydrogens is 350 g/mol. The van der Waals surface area contributed by atoms with Gasteiger partial charge in [-0.3, -0.25) is 9.80 Å². The van der Waals surface area contributed by atoms with Gasteiger partial charge in [0.15, 0.2) is 0 Å². The Morgan fingerprint density at radius 3 is 2.43 bits per heavy atom. The van der Waals surface area contributed by atoms with E-state index in [9.17, 15) is 0 Å². The van der Waals surface area contributed by atoms with E-state index in [1.165, 1.54) is 38.8 Å². The van der Waals surface area contributed by atoms with E-state index in [-0.39, 0.29) is 12.2 Å². The third-order valence-corrected chi connectivity index (χ3v) is 6.73. The molecule has 6 nitrogen and oxygen atoms in total. The van der Waals surface area contributed by atoms with Gasteiger partial charge in [-0.2, -0.15) is 0 Å². The zero-order valence-corrected chi connectivity index (χ0v) is 17.9. The highest BCUT2D eigenvalue weighted by Gasteiger charge is 2.30. The van der Waals surface area contributed by atoms with Crippen LogP contribution in [0, 0.1) is 5.92 Å². The highest BCUT2D eigenvalue weighted by molar-refractivity contribution is 5.31. The third-order valence-electron chi connectivity index (χ3n) is 6.73. The fourth-order valence-electron chi connectivity index (χ4n) is 5.29. The molecule has 3 heterocycles. The summed E-state index contributed by atoms with van der Waals surface area (Å²) in [5, 5.41) is 0. The van der Waals surface area contributed by atoms with Crippen molar-refractivity contribution in [1.82, 2.24) is 19.8 Å². The summed E-state index contributed by atoms with van der Waals surface area (Å²) in [4.78, 5) is 17.0. The number of ether oxygens (including phenoxy) is 1. The van der Waals surface area contributed by atoms with Gasteiger partial charge in [0.25, 0.3) is 0 Å². The van der Waals surface area contributed by atoms with Crippen molar-refractivity contribution >= 4 is 5.95 Å². The first-order valence-electron chi connectivity index (χ1n) is 11.3. The van der Waals surface area contributed by atoms with E-state index in [4.69, 9.17) is 9.72 Å². The minimum atomic E-state index is 0.228. The number of hydrogen-bond donors (Lipinski definition) is 0. The number of morpholine rings is 1. The lowest BCUT2D eigenvalue weighted by Crippen LogP contribution is -2.52. The topological polar surface area (TPSA) is 44.7 Å². The van der Waals surface area contributed by atoms with Crippen LogP contribution in [0.25, 0.3) is 0 Å². The summed E-state index contributed by atoms with van der Waals surface area (Å²) in [6.07, 6.45) is 8.02. The molecule has 0 aromatic carbocycles. The van der Waals surface area contributed by atoms with Crippen LogP contribution in [-0.2, 0) is 11.3 Å². The molecule has 28 heavy (non-hydrogen) atoms. The molecule has 3 fully saturated rings. The van der Waals surface area contributed by atoms with Crippen molar-refractivity contribution in [2.45, 2.75) is 71.2 Å². The maximum atomic E-state index is 5.85. The number of hydrogen-bond acceptors (Lipinski definition) is 6. The summed E-state index contributed by atoms with van der Waals surface area (Å²) in [5.74, 6) is 1.72. The van der Waals surface area contributed by atoms with Gasteiger partial charge in [0.2, 0.25) is 5.95 Å². The number of nitrogens with zero attached hydrogens (tertiary/aromatic N) is 5. The van der Waals surface area contributed by atoms with Gasteiger partial charge in [0.1, 0.15) is 0 Å². The summed E-state index contributed by atoms with van der Waals surface area (Å²) in [6.45, 7) is 14.1. The van der Waals surface area contributed by atoms with Gasteiger partial charge in [-0.1, -0.05) is 19.8 Å². The zero-order chi connectivity index (χ0) is 19.5. The van der Waals surface area contributed by atoms with Gasteiger partial charge >= 0.3 is 0 Å². The largest absolute Gasteiger partial charge is 0.372 e. The number of piperazine rings is 1. The summed E-state index contributed by atoms with van der Waals surface area (Å²) >= 11 is 0. The molecular formula is C22H37N5O. The normalized spacial score (nSPS) is 33.2. The maximum Gasteiger partial charge on any atom is 0.225 e. The second kappa shape index (κ2) is 9.06. The molecule has 1 aromatic rings. The monoisotopic (exact) mass is 387 g/mol. The second-order valence-electron chi connectivity index (χ2n) is 9.15. The molecule has 0 amide bonds. The average Bonchev–Trinajstić information content (AvgIpc) is 2.69. The van der Waals surface area contributed by atoms with E-state index in [1.807, 2.05) is 6.20 Å². The summed E-state index contributed by atoms with van der Waals surface area (Å²) in [5.41, 5.74) is 1.14. The predicted octanol–water partition coefficient (Wildman–Crippen LogP) is 2.79. The Kier molecular flexibility index (Phi) is 6.48. The fourth-order valence-corrected chi connectivity index (χ4v) is 5.29. The molecule has 2 aliphatic heterocycles. The van der Waals surface area contributed by atoms with E-state index >= 15 is 0 Å². The van der Waals surface area contributed by atoms with Gasteiger partial charge in [-0.05, 0) is 38.7 Å². The van der Waals surface area contributed by atoms with Gasteiger partial charge in [0.05, 0.1) is 17.9 Å². The number of aromatic nitrogens is 2. The Hall–Kier alpha value is -1.24. The molecule has 4 rings (SSSR count). The molecule has 1 aromatic heterocycles. The van der Waals surface area contributed by atoms with Gasteiger partial charge in [-0.25, -0.2) is 9.97 Å². The Bertz CT molecular complexity index is 623. The highest BCUT2D eigenvalue weighted by Crippen LogP contribution is 2.29. The van der Waals surface area contributed by atoms with Crippen LogP contribution in [0.15, 0.2) is 12.3 Å². The van der Waals surface area contributed by atoms with E-state index in [1.54, 1.807) is 0 Å². The summed E-state index contributed by atoms with van der Waals surface area (Å²) in [6, 6.07) is 2.89. The molecule has 3 aliphatic rings. The minimum Gasteiger partial charge on any atom is -0.372 e. The van der Waals surface area contributed by atoms with Gasteiger partial charge in [-0.15, -0.1) is 0 Å². The first kappa shape index (κ1) is 20.0. The smallest absolute Gasteiger partial charge is 0.225 e. The molecule has 1 aliphatic carbocycles. The Morgan fingerprint density at radius 1 is 1.00 bits per heavy atom. The lowest BCUT2D eigenvalue weighted by atomic mass is 9.84. The molecule has 4 atom stereocenters. The lowest BCUT2D eigenvalue weighted by Gasteiger charge is -2.43. The van der Waals surface area contributed by atoms with Crippen molar-refractivity contribution in [2.24, 2.45) is 5.92 Å². The van der Waals surface area contributed by atoms with Crippen LogP contribution in [-0.4, -0.2) is 77.3 Å². The molecule has 1 saturated carbocycles. The molecule has 0 bridgehead atoms. The van der Waals surface area contributed by atoms with Crippen molar-refractivity contribution in [3.63, 3.8) is 0 Å². The Balaban J connectivity index is 1.32. The maximum absolute atomic E-state index is 5.85. The van der Waals surface area contributed by atoms with Gasteiger partial charge < -0.3 is 9.64 Å². The van der Waals surface area contributed by atoms with Crippen LogP contribution in [0.3, 0.4) is 0 Å². The average molecular weight is 388 g/mol. The van der Waals surface area contributed by atoms with Crippen LogP contribution in [0.1, 0.15) is 52.1 Å². The SMILES string of the molecule is C[C@@H]1CN(c2nccc(CN3CCN([C@@H]4CCCC[C@@H]4C)CC3)n2)C[C@H](C)O1. The molecule has 156 valence electrons. The van der Waals surface area contributed by atoms with E-state index in [2.05, 4.69) is 46.5 Å². The van der Waals surface area contributed by atoms with Crippen molar-refractivity contribution in [3.05, 3.63) is 18.0 Å². The summed E-state index contributed by atoms with van der Waals surface area (Å²) in [7, 11) is 0. The molecule has 6 heteroatoms. The van der Waals surface area contributed by atoms with Crippen LogP contribution in [0.5, 0.6) is 0 Å². The quantitative estimate of drug-likeness (QED) is 0.792. The van der Waals surface area contributed by atoms with Crippen LogP contribution < -0.4 is 4.90 Å². The third kappa shape index (κ3) is 4.84. The Morgan fingerprint density at radius 2 is 1.71 bits per heavy atom. The number of rotatable bonds is 4. The first-order valence-corrected chi connectivity index (χ1v) is 11.3. The minimum absolute atomic E-state index is 0.228. The van der Waals surface area contributed by atoms with E-state index in [0.29, 0.717) is 0 Å². The van der Waals surface area contributed by atoms with Crippen LogP contribution in [0.2, 0.25) is 0 Å². The van der Waals surface area contributed by atoms with E-state index < -0.39 is 0 Å². The second-order valence-corrected chi connectivity index (χ2v) is 9.15. The lowest BCUT2D eigenvalue weighted by molar-refractivity contribution is -0.00574. The Labute approximate surface area is 170 Å². The molecule has 0 unspecified atom stereocenters. The van der Waals surface area contributed by atoms with Gasteiger partial charge in [0, 0.05) is 58.1 Å². The fraction of sp³-hybridized carbons (Fsp3) is 0.818. The first-order chi connectivity index (χ1) is 13.6. The van der Waals surface area contributed by atoms with Crippen LogP contribution in [0.4, 0.5) is 5.95 Å². The molecule has 0 N–H and O–H groups in total.